The van der Waals surface area contributed by atoms with Crippen LogP contribution in [0.15, 0.2) is 23.1 Å². The molecule has 1 rings (SSSR count). The van der Waals surface area contributed by atoms with Gasteiger partial charge in [0.1, 0.15) is 0 Å². The van der Waals surface area contributed by atoms with Crippen LogP contribution >= 0.6 is 11.6 Å². The van der Waals surface area contributed by atoms with Gasteiger partial charge in [-0.1, -0.05) is 32.4 Å². The zero-order chi connectivity index (χ0) is 14.0. The lowest BCUT2D eigenvalue weighted by Crippen LogP contribution is -2.27. The summed E-state index contributed by atoms with van der Waals surface area (Å²) >= 11 is 5.75. The number of nitrogens with one attached hydrogen (secondary N) is 1. The van der Waals surface area contributed by atoms with Gasteiger partial charge in [-0.05, 0) is 30.0 Å². The van der Waals surface area contributed by atoms with Gasteiger partial charge < -0.3 is 5.73 Å². The van der Waals surface area contributed by atoms with Gasteiger partial charge >= 0.3 is 0 Å². The minimum absolute atomic E-state index is 0.0849. The molecule has 0 radical (unpaired) electrons. The van der Waals surface area contributed by atoms with E-state index >= 15 is 0 Å². The number of sulfonamides is 1. The fourth-order valence-electron chi connectivity index (χ4n) is 1.33. The van der Waals surface area contributed by atoms with Crippen molar-refractivity contribution in [2.24, 2.45) is 5.41 Å². The Hall–Kier alpha value is -0.780. The summed E-state index contributed by atoms with van der Waals surface area (Å²) in [7, 11) is -3.51. The van der Waals surface area contributed by atoms with Crippen molar-refractivity contribution in [2.75, 3.05) is 12.3 Å². The number of anilines is 1. The molecule has 0 spiro atoms. The van der Waals surface area contributed by atoms with E-state index in [1.807, 2.05) is 0 Å². The first-order chi connectivity index (χ1) is 8.12. The Morgan fingerprint density at radius 2 is 1.94 bits per heavy atom. The Morgan fingerprint density at radius 1 is 1.33 bits per heavy atom. The molecule has 1 aromatic rings. The Morgan fingerprint density at radius 3 is 2.44 bits per heavy atom. The van der Waals surface area contributed by atoms with Gasteiger partial charge in [0, 0.05) is 6.54 Å². The largest absolute Gasteiger partial charge is 0.397 e. The van der Waals surface area contributed by atoms with Crippen molar-refractivity contribution in [3.63, 3.8) is 0 Å². The highest BCUT2D eigenvalue weighted by atomic mass is 35.5. The first-order valence-electron chi connectivity index (χ1n) is 5.66. The van der Waals surface area contributed by atoms with E-state index in [2.05, 4.69) is 25.5 Å². The summed E-state index contributed by atoms with van der Waals surface area (Å²) in [5.74, 6) is 0. The molecule has 102 valence electrons. The predicted octanol–water partition coefficient (Wildman–Crippen LogP) is 2.64. The number of hydrogen-bond acceptors (Lipinski definition) is 3. The van der Waals surface area contributed by atoms with E-state index in [4.69, 9.17) is 17.3 Å². The van der Waals surface area contributed by atoms with Gasteiger partial charge in [0.25, 0.3) is 0 Å². The standard InChI is InChI=1S/C12H19ClN2O2S/c1-12(2,3)6-7-15-18(16,17)9-4-5-10(13)11(14)8-9/h4-5,8,15H,6-7,14H2,1-3H3. The topological polar surface area (TPSA) is 72.2 Å². The predicted molar refractivity (Wildman–Crippen MR) is 75.1 cm³/mol. The van der Waals surface area contributed by atoms with Crippen LogP contribution in [0.4, 0.5) is 5.69 Å². The van der Waals surface area contributed by atoms with Crippen molar-refractivity contribution in [1.82, 2.24) is 4.72 Å². The average Bonchev–Trinajstić information content (AvgIpc) is 2.19. The maximum atomic E-state index is 12.0. The lowest BCUT2D eigenvalue weighted by atomic mass is 9.93. The Bertz CT molecular complexity index is 521. The van der Waals surface area contributed by atoms with Crippen LogP contribution in [0.3, 0.4) is 0 Å². The minimum Gasteiger partial charge on any atom is -0.397 e. The monoisotopic (exact) mass is 290 g/mol. The molecule has 0 unspecified atom stereocenters. The summed E-state index contributed by atoms with van der Waals surface area (Å²) in [4.78, 5) is 0.137. The third kappa shape index (κ3) is 4.48. The molecule has 0 saturated carbocycles. The fraction of sp³-hybridized carbons (Fsp3) is 0.500. The second kappa shape index (κ2) is 5.47. The van der Waals surface area contributed by atoms with Crippen LogP contribution in [-0.4, -0.2) is 15.0 Å². The van der Waals surface area contributed by atoms with Crippen LogP contribution in [0.5, 0.6) is 0 Å². The molecule has 0 heterocycles. The van der Waals surface area contributed by atoms with Crippen molar-refractivity contribution in [2.45, 2.75) is 32.1 Å². The first kappa shape index (κ1) is 15.3. The normalized spacial score (nSPS) is 12.7. The molecule has 0 aliphatic heterocycles. The Balaban J connectivity index is 2.77. The molecule has 0 saturated heterocycles. The highest BCUT2D eigenvalue weighted by Gasteiger charge is 2.16. The average molecular weight is 291 g/mol. The van der Waals surface area contributed by atoms with Gasteiger partial charge in [0.15, 0.2) is 0 Å². The molecule has 0 amide bonds. The molecule has 18 heavy (non-hydrogen) atoms. The molecule has 0 aliphatic rings. The minimum atomic E-state index is -3.51. The van der Waals surface area contributed by atoms with Crippen LogP contribution in [0.25, 0.3) is 0 Å². The second-order valence-electron chi connectivity index (χ2n) is 5.39. The maximum Gasteiger partial charge on any atom is 0.240 e. The van der Waals surface area contributed by atoms with Crippen LogP contribution in [0, 0.1) is 5.41 Å². The summed E-state index contributed by atoms with van der Waals surface area (Å²) in [6.07, 6.45) is 0.759. The summed E-state index contributed by atoms with van der Waals surface area (Å²) in [5, 5.41) is 0.351. The zero-order valence-corrected chi connectivity index (χ0v) is 12.4. The third-order valence-electron chi connectivity index (χ3n) is 2.44. The molecule has 0 fully saturated rings. The van der Waals surface area contributed by atoms with Gasteiger partial charge in [-0.25, -0.2) is 13.1 Å². The van der Waals surface area contributed by atoms with Crippen LogP contribution in [0.2, 0.25) is 5.02 Å². The van der Waals surface area contributed by atoms with Crippen molar-refractivity contribution < 1.29 is 8.42 Å². The lowest BCUT2D eigenvalue weighted by Gasteiger charge is -2.18. The van der Waals surface area contributed by atoms with E-state index in [0.717, 1.165) is 6.42 Å². The van der Waals surface area contributed by atoms with Gasteiger partial charge in [0.2, 0.25) is 10.0 Å². The van der Waals surface area contributed by atoms with Gasteiger partial charge in [-0.2, -0.15) is 0 Å². The molecule has 1 aromatic carbocycles. The molecule has 0 aromatic heterocycles. The zero-order valence-electron chi connectivity index (χ0n) is 10.8. The molecule has 3 N–H and O–H groups in total. The van der Waals surface area contributed by atoms with E-state index in [-0.39, 0.29) is 16.0 Å². The number of nitrogens with two attached hydrogens (primary N) is 1. The number of rotatable bonds is 4. The van der Waals surface area contributed by atoms with E-state index in [9.17, 15) is 8.42 Å². The van der Waals surface area contributed by atoms with E-state index < -0.39 is 10.0 Å². The number of nitrogen functional groups attached to an aromatic ring is 1. The first-order valence-corrected chi connectivity index (χ1v) is 7.53. The molecular formula is C12H19ClN2O2S. The number of hydrogen-bond donors (Lipinski definition) is 2. The molecular weight excluding hydrogens is 272 g/mol. The van der Waals surface area contributed by atoms with E-state index in [1.165, 1.54) is 18.2 Å². The maximum absolute atomic E-state index is 12.0. The summed E-state index contributed by atoms with van der Waals surface area (Å²) < 4.78 is 26.5. The van der Waals surface area contributed by atoms with Gasteiger partial charge in [0.05, 0.1) is 15.6 Å². The van der Waals surface area contributed by atoms with E-state index in [0.29, 0.717) is 11.6 Å². The third-order valence-corrected chi connectivity index (χ3v) is 4.25. The smallest absolute Gasteiger partial charge is 0.240 e. The molecule has 4 nitrogen and oxygen atoms in total. The molecule has 0 atom stereocenters. The highest BCUT2D eigenvalue weighted by Crippen LogP contribution is 2.22. The molecule has 0 aliphatic carbocycles. The summed E-state index contributed by atoms with van der Waals surface area (Å²) in [5.41, 5.74) is 5.94. The van der Waals surface area contributed by atoms with Crippen molar-refractivity contribution in [1.29, 1.82) is 0 Å². The highest BCUT2D eigenvalue weighted by molar-refractivity contribution is 7.89. The SMILES string of the molecule is CC(C)(C)CCNS(=O)(=O)c1ccc(Cl)c(N)c1. The van der Waals surface area contributed by atoms with Crippen LogP contribution in [0.1, 0.15) is 27.2 Å². The van der Waals surface area contributed by atoms with Crippen molar-refractivity contribution in [3.8, 4) is 0 Å². The molecule has 6 heteroatoms. The van der Waals surface area contributed by atoms with Crippen molar-refractivity contribution in [3.05, 3.63) is 23.2 Å². The van der Waals surface area contributed by atoms with Gasteiger partial charge in [-0.15, -0.1) is 0 Å². The lowest BCUT2D eigenvalue weighted by molar-refractivity contribution is 0.378. The summed E-state index contributed by atoms with van der Waals surface area (Å²) in [6.45, 7) is 6.57. The second-order valence-corrected chi connectivity index (χ2v) is 7.57. The van der Waals surface area contributed by atoms with Gasteiger partial charge in [-0.3, -0.25) is 0 Å². The summed E-state index contributed by atoms with van der Waals surface area (Å²) in [6, 6.07) is 4.29. The van der Waals surface area contributed by atoms with Crippen LogP contribution < -0.4 is 10.5 Å². The fourth-order valence-corrected chi connectivity index (χ4v) is 2.52. The van der Waals surface area contributed by atoms with E-state index in [1.54, 1.807) is 0 Å². The van der Waals surface area contributed by atoms with Crippen LogP contribution in [-0.2, 0) is 10.0 Å². The Kier molecular flexibility index (Phi) is 4.64. The quantitative estimate of drug-likeness (QED) is 0.837. The Labute approximate surface area is 114 Å². The number of halogens is 1. The molecule has 0 bridgehead atoms. The van der Waals surface area contributed by atoms with Crippen molar-refractivity contribution >= 4 is 27.3 Å². The number of benzene rings is 1.